The van der Waals surface area contributed by atoms with Crippen molar-refractivity contribution in [2.45, 2.75) is 10.1 Å². The summed E-state index contributed by atoms with van der Waals surface area (Å²) in [5, 5.41) is 9.06. The number of hydrogen-bond donors (Lipinski definition) is 1. The Labute approximate surface area is 140 Å². The number of nitrogens with zero attached hydrogens (tertiary/aromatic N) is 2. The van der Waals surface area contributed by atoms with Gasteiger partial charge in [0.1, 0.15) is 10.5 Å². The van der Waals surface area contributed by atoms with E-state index >= 15 is 0 Å². The fourth-order valence-corrected chi connectivity index (χ4v) is 2.90. The second-order valence-electron chi connectivity index (χ2n) is 5.03. The minimum Gasteiger partial charge on any atom is -0.422 e. The largest absolute Gasteiger partial charge is 0.422 e. The molecule has 7 heteroatoms. The Morgan fingerprint density at radius 3 is 2.58 bits per heavy atom. The molecule has 0 aliphatic rings. The summed E-state index contributed by atoms with van der Waals surface area (Å²) in [6, 6.07) is 16.2. The first kappa shape index (κ1) is 14.5. The van der Waals surface area contributed by atoms with Crippen molar-refractivity contribution in [2.24, 2.45) is 0 Å². The van der Waals surface area contributed by atoms with Gasteiger partial charge in [0.25, 0.3) is 5.22 Å². The van der Waals surface area contributed by atoms with Crippen LogP contribution in [0.5, 0.6) is 0 Å². The Morgan fingerprint density at radius 2 is 1.75 bits per heavy atom. The average molecular weight is 337 g/mol. The summed E-state index contributed by atoms with van der Waals surface area (Å²) in [4.78, 5) is 12.5. The summed E-state index contributed by atoms with van der Waals surface area (Å²) in [5.74, 6) is 0.364. The molecule has 0 fully saturated rings. The van der Waals surface area contributed by atoms with Crippen molar-refractivity contribution in [2.75, 3.05) is 5.73 Å². The number of rotatable bonds is 3. The fraction of sp³-hybridized carbons (Fsp3) is 0. The zero-order valence-corrected chi connectivity index (χ0v) is 13.1. The van der Waals surface area contributed by atoms with Gasteiger partial charge in [0.05, 0.1) is 0 Å². The van der Waals surface area contributed by atoms with Gasteiger partial charge in [0.2, 0.25) is 5.89 Å². The van der Waals surface area contributed by atoms with E-state index in [-0.39, 0.29) is 5.22 Å². The van der Waals surface area contributed by atoms with Crippen molar-refractivity contribution in [3.8, 4) is 11.5 Å². The second kappa shape index (κ2) is 5.86. The van der Waals surface area contributed by atoms with Gasteiger partial charge in [-0.3, -0.25) is 0 Å². The van der Waals surface area contributed by atoms with E-state index in [9.17, 15) is 4.79 Å². The Kier molecular flexibility index (Phi) is 3.55. The van der Waals surface area contributed by atoms with E-state index in [0.717, 1.165) is 22.7 Å². The van der Waals surface area contributed by atoms with E-state index in [2.05, 4.69) is 10.2 Å². The van der Waals surface area contributed by atoms with Gasteiger partial charge in [-0.2, -0.15) is 0 Å². The number of hydrogen-bond acceptors (Lipinski definition) is 7. The third-order valence-corrected chi connectivity index (χ3v) is 4.21. The van der Waals surface area contributed by atoms with Gasteiger partial charge in [-0.1, -0.05) is 18.2 Å². The Bertz CT molecular complexity index is 1070. The minimum atomic E-state index is -0.439. The van der Waals surface area contributed by atoms with Crippen LogP contribution in [0.1, 0.15) is 0 Å². The monoisotopic (exact) mass is 337 g/mol. The van der Waals surface area contributed by atoms with E-state index in [1.54, 1.807) is 36.4 Å². The molecular formula is C17H11N3O3S. The predicted octanol–water partition coefficient (Wildman–Crippen LogP) is 3.58. The van der Waals surface area contributed by atoms with Crippen LogP contribution in [0.4, 0.5) is 5.69 Å². The van der Waals surface area contributed by atoms with Crippen LogP contribution in [0.2, 0.25) is 0 Å². The molecule has 4 rings (SSSR count). The normalized spacial score (nSPS) is 11.0. The quantitative estimate of drug-likeness (QED) is 0.451. The maximum Gasteiger partial charge on any atom is 0.350 e. The highest BCUT2D eigenvalue weighted by Gasteiger charge is 2.13. The third kappa shape index (κ3) is 2.77. The van der Waals surface area contributed by atoms with Gasteiger partial charge in [0, 0.05) is 16.6 Å². The molecule has 0 spiro atoms. The maximum atomic E-state index is 12.1. The molecule has 0 amide bonds. The molecule has 0 aliphatic carbocycles. The predicted molar refractivity (Wildman–Crippen MR) is 90.8 cm³/mol. The number of aromatic nitrogens is 2. The van der Waals surface area contributed by atoms with Crippen LogP contribution < -0.4 is 11.4 Å². The lowest BCUT2D eigenvalue weighted by molar-refractivity contribution is 0.465. The number of fused-ring (bicyclic) bond motifs is 1. The highest BCUT2D eigenvalue weighted by atomic mass is 32.2. The molecule has 0 bridgehead atoms. The Hall–Kier alpha value is -3.06. The number of nitrogens with two attached hydrogens (primary N) is 1. The molecule has 0 unspecified atom stereocenters. The van der Waals surface area contributed by atoms with E-state index in [4.69, 9.17) is 14.6 Å². The van der Waals surface area contributed by atoms with Crippen LogP contribution in [-0.4, -0.2) is 10.2 Å². The number of benzene rings is 2. The maximum absolute atomic E-state index is 12.1. The zero-order valence-electron chi connectivity index (χ0n) is 12.3. The van der Waals surface area contributed by atoms with Gasteiger partial charge < -0.3 is 14.6 Å². The second-order valence-corrected chi connectivity index (χ2v) is 6.03. The number of para-hydroxylation sites is 1. The molecule has 0 saturated heterocycles. The van der Waals surface area contributed by atoms with Crippen LogP contribution in [0, 0.1) is 0 Å². The number of anilines is 1. The SMILES string of the molecule is Nc1ccc(-c2nnc(Sc3cc4ccccc4oc3=O)o2)cc1. The van der Waals surface area contributed by atoms with Gasteiger partial charge in [-0.05, 0) is 48.2 Å². The molecule has 0 aliphatic heterocycles. The van der Waals surface area contributed by atoms with Crippen LogP contribution in [0.15, 0.2) is 78.3 Å². The van der Waals surface area contributed by atoms with Gasteiger partial charge >= 0.3 is 5.63 Å². The highest BCUT2D eigenvalue weighted by molar-refractivity contribution is 7.99. The molecular weight excluding hydrogens is 326 g/mol. The van der Waals surface area contributed by atoms with Crippen molar-refractivity contribution >= 4 is 28.4 Å². The first-order valence-corrected chi connectivity index (χ1v) is 7.91. The lowest BCUT2D eigenvalue weighted by atomic mass is 10.2. The summed E-state index contributed by atoms with van der Waals surface area (Å²) in [5.41, 5.74) is 7.17. The molecule has 24 heavy (non-hydrogen) atoms. The summed E-state index contributed by atoms with van der Waals surface area (Å²) in [6.07, 6.45) is 0. The van der Waals surface area contributed by atoms with Crippen LogP contribution in [0.3, 0.4) is 0 Å². The lowest BCUT2D eigenvalue weighted by Crippen LogP contribution is -2.01. The van der Waals surface area contributed by atoms with Gasteiger partial charge in [0.15, 0.2) is 0 Å². The fourth-order valence-electron chi connectivity index (χ4n) is 2.20. The molecule has 2 heterocycles. The zero-order chi connectivity index (χ0) is 16.5. The molecule has 0 atom stereocenters. The van der Waals surface area contributed by atoms with Gasteiger partial charge in [-0.15, -0.1) is 10.2 Å². The van der Waals surface area contributed by atoms with Crippen LogP contribution >= 0.6 is 11.8 Å². The highest BCUT2D eigenvalue weighted by Crippen LogP contribution is 2.29. The molecule has 0 radical (unpaired) electrons. The van der Waals surface area contributed by atoms with E-state index < -0.39 is 5.63 Å². The third-order valence-electron chi connectivity index (χ3n) is 3.37. The average Bonchev–Trinajstić information content (AvgIpc) is 3.05. The molecule has 2 N–H and O–H groups in total. The lowest BCUT2D eigenvalue weighted by Gasteiger charge is -1.99. The van der Waals surface area contributed by atoms with E-state index in [0.29, 0.717) is 22.1 Å². The molecule has 6 nitrogen and oxygen atoms in total. The summed E-state index contributed by atoms with van der Waals surface area (Å²) >= 11 is 1.08. The van der Waals surface area contributed by atoms with E-state index in [1.807, 2.05) is 18.2 Å². The molecule has 4 aromatic rings. The first-order chi connectivity index (χ1) is 11.7. The first-order valence-electron chi connectivity index (χ1n) is 7.09. The van der Waals surface area contributed by atoms with Crippen molar-refractivity contribution in [1.29, 1.82) is 0 Å². The molecule has 0 saturated carbocycles. The minimum absolute atomic E-state index is 0.268. The van der Waals surface area contributed by atoms with Crippen LogP contribution in [0.25, 0.3) is 22.4 Å². The van der Waals surface area contributed by atoms with Crippen molar-refractivity contribution < 1.29 is 8.83 Å². The van der Waals surface area contributed by atoms with Crippen molar-refractivity contribution in [1.82, 2.24) is 10.2 Å². The standard InChI is InChI=1S/C17H11N3O3S/c18-12-7-5-10(6-8-12)15-19-20-17(23-15)24-14-9-11-3-1-2-4-13(11)22-16(14)21/h1-9H,18H2. The van der Waals surface area contributed by atoms with E-state index in [1.165, 1.54) is 0 Å². The summed E-state index contributed by atoms with van der Waals surface area (Å²) < 4.78 is 10.9. The Balaban J connectivity index is 1.65. The topological polar surface area (TPSA) is 95.1 Å². The van der Waals surface area contributed by atoms with Gasteiger partial charge in [-0.25, -0.2) is 4.79 Å². The summed E-state index contributed by atoms with van der Waals surface area (Å²) in [7, 11) is 0. The number of nitrogen functional groups attached to an aromatic ring is 1. The van der Waals surface area contributed by atoms with Crippen molar-refractivity contribution in [3.05, 3.63) is 65.0 Å². The molecule has 118 valence electrons. The summed E-state index contributed by atoms with van der Waals surface area (Å²) in [6.45, 7) is 0. The Morgan fingerprint density at radius 1 is 0.958 bits per heavy atom. The molecule has 2 aromatic carbocycles. The van der Waals surface area contributed by atoms with Crippen LogP contribution in [-0.2, 0) is 0 Å². The smallest absolute Gasteiger partial charge is 0.350 e. The van der Waals surface area contributed by atoms with Crippen molar-refractivity contribution in [3.63, 3.8) is 0 Å². The molecule has 2 aromatic heterocycles.